The second-order valence-electron chi connectivity index (χ2n) is 7.44. The molecule has 0 radical (unpaired) electrons. The molecule has 0 unspecified atom stereocenters. The zero-order chi connectivity index (χ0) is 19.4. The van der Waals surface area contributed by atoms with Crippen LogP contribution >= 0.6 is 0 Å². The van der Waals surface area contributed by atoms with Crippen LogP contribution in [0.5, 0.6) is 5.75 Å². The van der Waals surface area contributed by atoms with Crippen LogP contribution in [0.3, 0.4) is 0 Å². The van der Waals surface area contributed by atoms with Gasteiger partial charge < -0.3 is 20.7 Å². The number of aryl methyl sites for hydroxylation is 1. The fourth-order valence-corrected chi connectivity index (χ4v) is 3.99. The van der Waals surface area contributed by atoms with E-state index in [0.717, 1.165) is 29.8 Å². The standard InChI is InChI=1S/C19H21N7O2/c1-25-7-10-3-14(16(28-2)4-13(10)24-25)23-19(27)15-5-22-17(6-21-15)26-8-11-12(9-26)18(11)20/h3-7,11-12,18H,8-9,20H2,1-2H3,(H,23,27)/t11-,12+,18-. The van der Waals surface area contributed by atoms with Crippen LogP contribution in [0.2, 0.25) is 0 Å². The Balaban J connectivity index is 1.33. The van der Waals surface area contributed by atoms with Crippen molar-refractivity contribution in [2.75, 3.05) is 30.4 Å². The van der Waals surface area contributed by atoms with Crippen molar-refractivity contribution in [3.63, 3.8) is 0 Å². The number of nitrogens with two attached hydrogens (primary N) is 1. The molecule has 2 aromatic heterocycles. The number of hydrogen-bond donors (Lipinski definition) is 2. The van der Waals surface area contributed by atoms with Crippen LogP contribution in [0, 0.1) is 11.8 Å². The molecule has 0 spiro atoms. The summed E-state index contributed by atoms with van der Waals surface area (Å²) in [6, 6.07) is 3.96. The van der Waals surface area contributed by atoms with Crippen LogP contribution in [0.4, 0.5) is 11.5 Å². The second-order valence-corrected chi connectivity index (χ2v) is 7.44. The van der Waals surface area contributed by atoms with Gasteiger partial charge in [-0.2, -0.15) is 5.10 Å². The molecule has 5 rings (SSSR count). The predicted molar refractivity (Wildman–Crippen MR) is 104 cm³/mol. The van der Waals surface area contributed by atoms with Crippen molar-refractivity contribution in [3.8, 4) is 5.75 Å². The summed E-state index contributed by atoms with van der Waals surface area (Å²) >= 11 is 0. The van der Waals surface area contributed by atoms with Gasteiger partial charge in [-0.15, -0.1) is 0 Å². The van der Waals surface area contributed by atoms with Gasteiger partial charge in [0, 0.05) is 43.8 Å². The monoisotopic (exact) mass is 379 g/mol. The number of carbonyl (C=O) groups is 1. The number of anilines is 2. The summed E-state index contributed by atoms with van der Waals surface area (Å²) in [6.45, 7) is 1.82. The van der Waals surface area contributed by atoms with Gasteiger partial charge in [0.1, 0.15) is 17.3 Å². The molecule has 3 atom stereocenters. The maximum Gasteiger partial charge on any atom is 0.275 e. The van der Waals surface area contributed by atoms with Gasteiger partial charge in [0.2, 0.25) is 0 Å². The minimum atomic E-state index is -0.341. The van der Waals surface area contributed by atoms with Crippen molar-refractivity contribution in [2.24, 2.45) is 24.6 Å². The highest BCUT2D eigenvalue weighted by Crippen LogP contribution is 2.44. The van der Waals surface area contributed by atoms with E-state index in [0.29, 0.717) is 29.3 Å². The number of amides is 1. The first-order valence-electron chi connectivity index (χ1n) is 9.19. The Hall–Kier alpha value is -3.20. The molecule has 3 N–H and O–H groups in total. The van der Waals surface area contributed by atoms with Gasteiger partial charge in [0.05, 0.1) is 30.7 Å². The van der Waals surface area contributed by atoms with Crippen molar-refractivity contribution >= 4 is 28.3 Å². The first-order valence-corrected chi connectivity index (χ1v) is 9.19. The van der Waals surface area contributed by atoms with Crippen LogP contribution in [-0.4, -0.2) is 51.9 Å². The number of nitrogens with one attached hydrogen (secondary N) is 1. The molecule has 1 aliphatic heterocycles. The highest BCUT2D eigenvalue weighted by Gasteiger charge is 2.53. The van der Waals surface area contributed by atoms with Crippen molar-refractivity contribution < 1.29 is 9.53 Å². The maximum atomic E-state index is 12.6. The Labute approximate surface area is 161 Å². The lowest BCUT2D eigenvalue weighted by Gasteiger charge is -2.19. The minimum absolute atomic E-state index is 0.248. The molecule has 1 aliphatic carbocycles. The number of hydrogen-bond acceptors (Lipinski definition) is 7. The summed E-state index contributed by atoms with van der Waals surface area (Å²) in [5.74, 6) is 2.12. The van der Waals surface area contributed by atoms with E-state index >= 15 is 0 Å². The fourth-order valence-electron chi connectivity index (χ4n) is 3.99. The molecule has 9 nitrogen and oxygen atoms in total. The minimum Gasteiger partial charge on any atom is -0.494 e. The first-order chi connectivity index (χ1) is 13.5. The maximum absolute atomic E-state index is 12.6. The molecule has 1 saturated carbocycles. The topological polar surface area (TPSA) is 111 Å². The van der Waals surface area contributed by atoms with E-state index in [2.05, 4.69) is 25.3 Å². The average molecular weight is 379 g/mol. The summed E-state index contributed by atoms with van der Waals surface area (Å²) < 4.78 is 7.11. The molecule has 2 fully saturated rings. The molecule has 3 aromatic rings. The molecular weight excluding hydrogens is 358 g/mol. The molecular formula is C19H21N7O2. The van der Waals surface area contributed by atoms with E-state index < -0.39 is 0 Å². The SMILES string of the molecule is COc1cc2nn(C)cc2cc1NC(=O)c1cnc(N2C[C@@H]3[C@H](N)[C@@H]3C2)cn1. The van der Waals surface area contributed by atoms with Gasteiger partial charge in [-0.3, -0.25) is 9.48 Å². The molecule has 1 saturated heterocycles. The van der Waals surface area contributed by atoms with Crippen molar-refractivity contribution in [1.82, 2.24) is 19.7 Å². The summed E-state index contributed by atoms with van der Waals surface area (Å²) in [4.78, 5) is 23.5. The van der Waals surface area contributed by atoms with Gasteiger partial charge in [-0.1, -0.05) is 0 Å². The smallest absolute Gasteiger partial charge is 0.275 e. The summed E-state index contributed by atoms with van der Waals surface area (Å²) in [5, 5.41) is 8.11. The van der Waals surface area contributed by atoms with Gasteiger partial charge in [0.25, 0.3) is 5.91 Å². The number of rotatable bonds is 4. The lowest BCUT2D eigenvalue weighted by molar-refractivity contribution is 0.102. The third-order valence-electron chi connectivity index (χ3n) is 5.64. The molecule has 1 amide bonds. The third-order valence-corrected chi connectivity index (χ3v) is 5.64. The van der Waals surface area contributed by atoms with Crippen molar-refractivity contribution in [1.29, 1.82) is 0 Å². The van der Waals surface area contributed by atoms with Crippen molar-refractivity contribution in [2.45, 2.75) is 6.04 Å². The predicted octanol–water partition coefficient (Wildman–Crippen LogP) is 1.02. The van der Waals surface area contributed by atoms with E-state index in [-0.39, 0.29) is 11.6 Å². The van der Waals surface area contributed by atoms with Crippen molar-refractivity contribution in [3.05, 3.63) is 36.4 Å². The molecule has 2 aliphatic rings. The van der Waals surface area contributed by atoms with E-state index in [1.807, 2.05) is 19.3 Å². The van der Waals surface area contributed by atoms with E-state index in [1.165, 1.54) is 6.20 Å². The summed E-state index contributed by atoms with van der Waals surface area (Å²) in [6.07, 6.45) is 5.03. The number of carbonyl (C=O) groups excluding carboxylic acids is 1. The van der Waals surface area contributed by atoms with Crippen LogP contribution in [-0.2, 0) is 7.05 Å². The van der Waals surface area contributed by atoms with Crippen LogP contribution in [0.25, 0.3) is 10.9 Å². The Kier molecular flexibility index (Phi) is 3.73. The van der Waals surface area contributed by atoms with E-state index in [9.17, 15) is 4.79 Å². The Bertz CT molecular complexity index is 1050. The van der Waals surface area contributed by atoms with Crippen LogP contribution < -0.4 is 20.7 Å². The number of fused-ring (bicyclic) bond motifs is 2. The fraction of sp³-hybridized carbons (Fsp3) is 0.368. The lowest BCUT2D eigenvalue weighted by Crippen LogP contribution is -2.29. The normalized spacial score (nSPS) is 23.0. The second kappa shape index (κ2) is 6.16. The number of benzene rings is 1. The van der Waals surface area contributed by atoms with Crippen LogP contribution in [0.1, 0.15) is 10.5 Å². The van der Waals surface area contributed by atoms with Gasteiger partial charge in [0.15, 0.2) is 0 Å². The van der Waals surface area contributed by atoms with Gasteiger partial charge >= 0.3 is 0 Å². The summed E-state index contributed by atoms with van der Waals surface area (Å²) in [7, 11) is 3.40. The quantitative estimate of drug-likeness (QED) is 0.696. The Morgan fingerprint density at radius 2 is 2.04 bits per heavy atom. The molecule has 0 bridgehead atoms. The van der Waals surface area contributed by atoms with E-state index in [4.69, 9.17) is 10.5 Å². The molecule has 144 valence electrons. The van der Waals surface area contributed by atoms with E-state index in [1.54, 1.807) is 24.1 Å². The Morgan fingerprint density at radius 1 is 1.25 bits per heavy atom. The number of aromatic nitrogens is 4. The number of nitrogens with zero attached hydrogens (tertiary/aromatic N) is 5. The largest absolute Gasteiger partial charge is 0.494 e. The highest BCUT2D eigenvalue weighted by molar-refractivity contribution is 6.04. The summed E-state index contributed by atoms with van der Waals surface area (Å²) in [5.41, 5.74) is 7.58. The zero-order valence-corrected chi connectivity index (χ0v) is 15.7. The molecule has 3 heterocycles. The third kappa shape index (κ3) is 2.75. The zero-order valence-electron chi connectivity index (χ0n) is 15.7. The number of methoxy groups -OCH3 is 1. The Morgan fingerprint density at radius 3 is 2.71 bits per heavy atom. The van der Waals surface area contributed by atoms with Gasteiger partial charge in [-0.25, -0.2) is 9.97 Å². The first kappa shape index (κ1) is 16.9. The molecule has 1 aromatic carbocycles. The van der Waals surface area contributed by atoms with Gasteiger partial charge in [-0.05, 0) is 17.9 Å². The number of piperidine rings is 1. The highest BCUT2D eigenvalue weighted by atomic mass is 16.5. The lowest BCUT2D eigenvalue weighted by atomic mass is 10.2. The molecule has 9 heteroatoms. The van der Waals surface area contributed by atoms with Crippen LogP contribution in [0.15, 0.2) is 30.7 Å². The average Bonchev–Trinajstić information content (AvgIpc) is 3.05. The molecule has 28 heavy (non-hydrogen) atoms. The number of ether oxygens (including phenoxy) is 1.